The van der Waals surface area contributed by atoms with E-state index in [1.165, 1.54) is 0 Å². The number of aliphatic carboxylic acids is 1. The van der Waals surface area contributed by atoms with Crippen molar-refractivity contribution < 1.29 is 14.7 Å². The summed E-state index contributed by atoms with van der Waals surface area (Å²) in [6.45, 7) is 6.60. The molecule has 1 aromatic carbocycles. The second-order valence-corrected chi connectivity index (χ2v) is 7.18. The number of carbonyl (C=O) groups excluding carboxylic acids is 1. The van der Waals surface area contributed by atoms with Crippen molar-refractivity contribution in [2.24, 2.45) is 10.7 Å². The zero-order valence-corrected chi connectivity index (χ0v) is 16.1. The molecule has 2 atom stereocenters. The minimum Gasteiger partial charge on any atom is -0.480 e. The number of carboxylic acids is 1. The summed E-state index contributed by atoms with van der Waals surface area (Å²) >= 11 is 0. The highest BCUT2D eigenvalue weighted by atomic mass is 16.4. The lowest BCUT2D eigenvalue weighted by molar-refractivity contribution is -0.138. The third kappa shape index (κ3) is 4.72. The molecule has 3 rings (SSSR count). The van der Waals surface area contributed by atoms with Gasteiger partial charge in [0.25, 0.3) is 5.91 Å². The van der Waals surface area contributed by atoms with Gasteiger partial charge in [-0.05, 0) is 37.6 Å². The van der Waals surface area contributed by atoms with Crippen molar-refractivity contribution in [2.45, 2.75) is 25.4 Å². The summed E-state index contributed by atoms with van der Waals surface area (Å²) in [5.41, 5.74) is 6.94. The molecule has 1 fully saturated rings. The number of anilines is 1. The Morgan fingerprint density at radius 3 is 2.71 bits per heavy atom. The lowest BCUT2D eigenvalue weighted by atomic mass is 10.1. The fourth-order valence-corrected chi connectivity index (χ4v) is 3.43. The molecule has 1 amide bonds. The van der Waals surface area contributed by atoms with E-state index in [1.807, 2.05) is 12.1 Å². The van der Waals surface area contributed by atoms with E-state index in [4.69, 9.17) is 10.8 Å². The van der Waals surface area contributed by atoms with Crippen LogP contribution in [0.1, 0.15) is 23.7 Å². The van der Waals surface area contributed by atoms with Crippen molar-refractivity contribution in [3.63, 3.8) is 0 Å². The highest BCUT2D eigenvalue weighted by Crippen LogP contribution is 2.20. The number of hydrogen-bond acceptors (Lipinski definition) is 7. The summed E-state index contributed by atoms with van der Waals surface area (Å²) in [5.74, 6) is -0.467. The van der Waals surface area contributed by atoms with Crippen LogP contribution in [0, 0.1) is 0 Å². The summed E-state index contributed by atoms with van der Waals surface area (Å²) in [5, 5.41) is 14.7. The van der Waals surface area contributed by atoms with Gasteiger partial charge in [-0.1, -0.05) is 0 Å². The summed E-state index contributed by atoms with van der Waals surface area (Å²) < 4.78 is 0. The lowest BCUT2D eigenvalue weighted by Gasteiger charge is -2.43. The minimum atomic E-state index is -1.14. The molecule has 0 bridgehead atoms. The largest absolute Gasteiger partial charge is 0.480 e. The van der Waals surface area contributed by atoms with Gasteiger partial charge >= 0.3 is 5.97 Å². The van der Waals surface area contributed by atoms with Crippen LogP contribution in [-0.2, 0) is 4.79 Å². The first-order chi connectivity index (χ1) is 13.5. The third-order valence-corrected chi connectivity index (χ3v) is 5.07. The topological polar surface area (TPSA) is 123 Å². The number of nitrogens with one attached hydrogen (secondary N) is 2. The molecule has 0 saturated carbocycles. The molecule has 0 radical (unpaired) electrons. The maximum atomic E-state index is 12.1. The van der Waals surface area contributed by atoms with Crippen molar-refractivity contribution in [3.8, 4) is 0 Å². The number of nitrogens with zero attached hydrogens (tertiary/aromatic N) is 3. The first-order valence-corrected chi connectivity index (χ1v) is 9.62. The molecule has 5 N–H and O–H groups in total. The molecule has 0 aliphatic carbocycles. The standard InChI is InChI=1S/C19H28N6O3/c1-13-12-24(9-10-25(13)19-21-7-2-8-22-19)15-5-3-14(4-6-15)17(26)23-11-16(20)18(27)28/h3-6,13,16H,2,7-12,20H2,1H3,(H,21,22)(H,23,26)(H,27,28)/t13-,16-/m0/s1. The summed E-state index contributed by atoms with van der Waals surface area (Å²) in [7, 11) is 0. The van der Waals surface area contributed by atoms with Gasteiger partial charge < -0.3 is 31.3 Å². The van der Waals surface area contributed by atoms with E-state index in [0.29, 0.717) is 11.6 Å². The van der Waals surface area contributed by atoms with Crippen molar-refractivity contribution >= 4 is 23.5 Å². The predicted octanol–water partition coefficient (Wildman–Crippen LogP) is -0.312. The molecule has 1 aromatic rings. The number of amides is 1. The van der Waals surface area contributed by atoms with E-state index >= 15 is 0 Å². The van der Waals surface area contributed by atoms with Crippen molar-refractivity contribution in [3.05, 3.63) is 29.8 Å². The average molecular weight is 388 g/mol. The summed E-state index contributed by atoms with van der Waals surface area (Å²) in [4.78, 5) is 32.1. The third-order valence-electron chi connectivity index (χ3n) is 5.07. The van der Waals surface area contributed by atoms with Gasteiger partial charge in [-0.15, -0.1) is 0 Å². The summed E-state index contributed by atoms with van der Waals surface area (Å²) in [6, 6.07) is 6.57. The van der Waals surface area contributed by atoms with E-state index < -0.39 is 12.0 Å². The molecular weight excluding hydrogens is 360 g/mol. The molecule has 2 aliphatic rings. The van der Waals surface area contributed by atoms with Crippen LogP contribution in [0.3, 0.4) is 0 Å². The number of carbonyl (C=O) groups is 2. The van der Waals surface area contributed by atoms with Crippen LogP contribution in [0.2, 0.25) is 0 Å². The van der Waals surface area contributed by atoms with Crippen LogP contribution >= 0.6 is 0 Å². The number of nitrogens with two attached hydrogens (primary N) is 1. The fraction of sp³-hybridized carbons (Fsp3) is 0.526. The molecule has 9 nitrogen and oxygen atoms in total. The molecule has 2 heterocycles. The number of piperazine rings is 1. The first-order valence-electron chi connectivity index (χ1n) is 9.62. The Kier molecular flexibility index (Phi) is 6.35. The number of benzene rings is 1. The Morgan fingerprint density at radius 2 is 2.11 bits per heavy atom. The van der Waals surface area contributed by atoms with Gasteiger partial charge in [0.15, 0.2) is 5.96 Å². The zero-order chi connectivity index (χ0) is 20.1. The smallest absolute Gasteiger partial charge is 0.322 e. The maximum Gasteiger partial charge on any atom is 0.322 e. The van der Waals surface area contributed by atoms with E-state index in [-0.39, 0.29) is 12.5 Å². The van der Waals surface area contributed by atoms with Crippen LogP contribution in [0.15, 0.2) is 29.3 Å². The van der Waals surface area contributed by atoms with Crippen molar-refractivity contribution in [2.75, 3.05) is 44.2 Å². The second kappa shape index (κ2) is 8.92. The number of rotatable bonds is 5. The molecule has 9 heteroatoms. The van der Waals surface area contributed by atoms with E-state index in [1.54, 1.807) is 12.1 Å². The molecule has 1 saturated heterocycles. The van der Waals surface area contributed by atoms with E-state index in [9.17, 15) is 9.59 Å². The maximum absolute atomic E-state index is 12.1. The SMILES string of the molecule is C[C@H]1CN(c2ccc(C(=O)NC[C@H](N)C(=O)O)cc2)CCN1C1=NCCCN1. The van der Waals surface area contributed by atoms with Gasteiger partial charge in [-0.25, -0.2) is 0 Å². The first kappa shape index (κ1) is 19.9. The average Bonchev–Trinajstić information content (AvgIpc) is 2.72. The number of carboxylic acid groups (broad SMARTS) is 1. The molecule has 28 heavy (non-hydrogen) atoms. The Labute approximate surface area is 164 Å². The van der Waals surface area contributed by atoms with E-state index in [0.717, 1.165) is 50.8 Å². The molecule has 0 aromatic heterocycles. The molecule has 2 aliphatic heterocycles. The van der Waals surface area contributed by atoms with Crippen LogP contribution in [0.25, 0.3) is 0 Å². The minimum absolute atomic E-state index is 0.104. The Balaban J connectivity index is 1.56. The molecule has 152 valence electrons. The Hall–Kier alpha value is -2.81. The van der Waals surface area contributed by atoms with Gasteiger partial charge in [0.2, 0.25) is 0 Å². The van der Waals surface area contributed by atoms with Crippen LogP contribution in [0.5, 0.6) is 0 Å². The number of hydrogen-bond donors (Lipinski definition) is 4. The van der Waals surface area contributed by atoms with Crippen LogP contribution in [0.4, 0.5) is 5.69 Å². The Bertz CT molecular complexity index is 736. The van der Waals surface area contributed by atoms with Crippen LogP contribution < -0.4 is 21.3 Å². The zero-order valence-electron chi connectivity index (χ0n) is 16.1. The molecule has 0 unspecified atom stereocenters. The van der Waals surface area contributed by atoms with Crippen molar-refractivity contribution in [1.29, 1.82) is 0 Å². The number of guanidine groups is 1. The van der Waals surface area contributed by atoms with Crippen molar-refractivity contribution in [1.82, 2.24) is 15.5 Å². The van der Waals surface area contributed by atoms with Crippen LogP contribution in [-0.4, -0.2) is 79.2 Å². The lowest BCUT2D eigenvalue weighted by Crippen LogP contribution is -2.58. The van der Waals surface area contributed by atoms with Gasteiger partial charge in [-0.2, -0.15) is 0 Å². The van der Waals surface area contributed by atoms with Gasteiger partial charge in [0.1, 0.15) is 6.04 Å². The second-order valence-electron chi connectivity index (χ2n) is 7.18. The predicted molar refractivity (Wildman–Crippen MR) is 108 cm³/mol. The van der Waals surface area contributed by atoms with E-state index in [2.05, 4.69) is 32.3 Å². The molecular formula is C19H28N6O3. The fourth-order valence-electron chi connectivity index (χ4n) is 3.43. The van der Waals surface area contributed by atoms with Gasteiger partial charge in [0, 0.05) is 56.6 Å². The number of aliphatic imine (C=N–C) groups is 1. The monoisotopic (exact) mass is 388 g/mol. The highest BCUT2D eigenvalue weighted by Gasteiger charge is 2.27. The Morgan fingerprint density at radius 1 is 1.36 bits per heavy atom. The summed E-state index contributed by atoms with van der Waals surface area (Å²) in [6.07, 6.45) is 1.08. The highest BCUT2D eigenvalue weighted by molar-refractivity contribution is 5.94. The quantitative estimate of drug-likeness (QED) is 0.545. The molecule has 0 spiro atoms. The normalized spacial score (nSPS) is 20.8. The van der Waals surface area contributed by atoms with Gasteiger partial charge in [0.05, 0.1) is 0 Å². The van der Waals surface area contributed by atoms with Gasteiger partial charge in [-0.3, -0.25) is 14.6 Å².